The van der Waals surface area contributed by atoms with E-state index >= 15 is 0 Å². The molecule has 1 fully saturated rings. The standard InChI is InChI=1S/C27H30ClF4NO2/c1-4-15(2)23-19(27(30,31)32)6-7-20-24(23)35-14-26(20)11-9-17(10-12-26)16(3)25(34)33-22-8-5-18(28)13-21(22)29/h5-8,13,15-17H,4,9-12,14H2,1-3H3,(H,33,34)/t15?,16-,17?,26?/m1/s1. The van der Waals surface area contributed by atoms with Gasteiger partial charge in [0.25, 0.3) is 0 Å². The van der Waals surface area contributed by atoms with Crippen LogP contribution in [0.4, 0.5) is 23.2 Å². The van der Waals surface area contributed by atoms with E-state index in [0.717, 1.165) is 37.3 Å². The maximum Gasteiger partial charge on any atom is 0.416 e. The Hall–Kier alpha value is -2.28. The minimum atomic E-state index is -4.43. The summed E-state index contributed by atoms with van der Waals surface area (Å²) in [5.74, 6) is -0.975. The Bertz CT molecular complexity index is 1110. The third-order valence-electron chi connectivity index (χ3n) is 7.97. The molecule has 2 aromatic carbocycles. The number of fused-ring (bicyclic) bond motifs is 2. The highest BCUT2D eigenvalue weighted by Gasteiger charge is 2.47. The number of nitrogens with one attached hydrogen (secondary N) is 1. The van der Waals surface area contributed by atoms with Crippen molar-refractivity contribution < 1.29 is 27.1 Å². The summed E-state index contributed by atoms with van der Waals surface area (Å²) in [5.41, 5.74) is 0.260. The second-order valence-electron chi connectivity index (χ2n) is 10.0. The zero-order chi connectivity index (χ0) is 25.5. The Balaban J connectivity index is 1.50. The number of anilines is 1. The van der Waals surface area contributed by atoms with E-state index in [9.17, 15) is 22.4 Å². The number of hydrogen-bond donors (Lipinski definition) is 1. The molecule has 8 heteroatoms. The summed E-state index contributed by atoms with van der Waals surface area (Å²) < 4.78 is 61.3. The van der Waals surface area contributed by atoms with E-state index in [1.807, 2.05) is 13.8 Å². The van der Waals surface area contributed by atoms with Gasteiger partial charge in [0.2, 0.25) is 5.91 Å². The van der Waals surface area contributed by atoms with Crippen LogP contribution in [0.5, 0.6) is 5.75 Å². The van der Waals surface area contributed by atoms with E-state index in [1.165, 1.54) is 18.2 Å². The van der Waals surface area contributed by atoms with Crippen molar-refractivity contribution in [2.75, 3.05) is 11.9 Å². The van der Waals surface area contributed by atoms with Gasteiger partial charge in [-0.3, -0.25) is 4.79 Å². The number of halogens is 5. The van der Waals surface area contributed by atoms with Gasteiger partial charge in [0.15, 0.2) is 0 Å². The van der Waals surface area contributed by atoms with Crippen molar-refractivity contribution in [1.29, 1.82) is 0 Å². The quantitative estimate of drug-likeness (QED) is 0.412. The molecule has 2 aromatic rings. The zero-order valence-corrected chi connectivity index (χ0v) is 20.8. The van der Waals surface area contributed by atoms with Gasteiger partial charge in [-0.15, -0.1) is 0 Å². The molecule has 0 bridgehead atoms. The maximum absolute atomic E-state index is 14.1. The predicted octanol–water partition coefficient (Wildman–Crippen LogP) is 8.11. The molecule has 2 atom stereocenters. The van der Waals surface area contributed by atoms with E-state index in [1.54, 1.807) is 13.0 Å². The second kappa shape index (κ2) is 9.64. The summed E-state index contributed by atoms with van der Waals surface area (Å²) in [4.78, 5) is 12.8. The van der Waals surface area contributed by atoms with Crippen LogP contribution < -0.4 is 10.1 Å². The number of alkyl halides is 3. The zero-order valence-electron chi connectivity index (χ0n) is 20.1. The van der Waals surface area contributed by atoms with Crippen molar-refractivity contribution in [1.82, 2.24) is 0 Å². The summed E-state index contributed by atoms with van der Waals surface area (Å²) in [7, 11) is 0. The molecule has 35 heavy (non-hydrogen) atoms. The molecule has 1 spiro atoms. The number of carbonyl (C=O) groups excluding carboxylic acids is 1. The van der Waals surface area contributed by atoms with E-state index in [0.29, 0.717) is 18.8 Å². The lowest BCUT2D eigenvalue weighted by molar-refractivity contribution is -0.138. The first kappa shape index (κ1) is 25.8. The fraction of sp³-hybridized carbons (Fsp3) is 0.519. The van der Waals surface area contributed by atoms with Crippen LogP contribution >= 0.6 is 11.6 Å². The van der Waals surface area contributed by atoms with Gasteiger partial charge in [-0.25, -0.2) is 4.39 Å². The number of ether oxygens (including phenoxy) is 1. The van der Waals surface area contributed by atoms with Gasteiger partial charge in [0, 0.05) is 27.5 Å². The smallest absolute Gasteiger partial charge is 0.416 e. The first-order valence-electron chi connectivity index (χ1n) is 12.1. The highest BCUT2D eigenvalue weighted by atomic mass is 35.5. The monoisotopic (exact) mass is 511 g/mol. The predicted molar refractivity (Wildman–Crippen MR) is 128 cm³/mol. The minimum absolute atomic E-state index is 0.0866. The van der Waals surface area contributed by atoms with Crippen molar-refractivity contribution in [3.8, 4) is 5.75 Å². The molecule has 1 unspecified atom stereocenters. The van der Waals surface area contributed by atoms with Gasteiger partial charge in [-0.05, 0) is 68.2 Å². The Kier molecular flexibility index (Phi) is 7.11. The van der Waals surface area contributed by atoms with Gasteiger partial charge < -0.3 is 10.1 Å². The molecule has 2 aliphatic rings. The highest BCUT2D eigenvalue weighted by Crippen LogP contribution is 2.54. The van der Waals surface area contributed by atoms with Crippen molar-refractivity contribution in [2.45, 2.75) is 70.4 Å². The topological polar surface area (TPSA) is 38.3 Å². The minimum Gasteiger partial charge on any atom is -0.492 e. The molecule has 4 rings (SSSR count). The van der Waals surface area contributed by atoms with Crippen LogP contribution in [0.15, 0.2) is 30.3 Å². The van der Waals surface area contributed by atoms with Gasteiger partial charge in [-0.1, -0.05) is 38.4 Å². The lowest BCUT2D eigenvalue weighted by atomic mass is 9.65. The molecular weight excluding hydrogens is 482 g/mol. The molecule has 1 aliphatic carbocycles. The number of amides is 1. The molecule has 1 amide bonds. The molecular formula is C27H30ClF4NO2. The maximum atomic E-state index is 14.1. The summed E-state index contributed by atoms with van der Waals surface area (Å²) in [6.45, 7) is 5.88. The number of rotatable bonds is 5. The van der Waals surface area contributed by atoms with Crippen LogP contribution in [0.25, 0.3) is 0 Å². The normalized spacial score (nSPS) is 23.5. The molecule has 0 radical (unpaired) electrons. The third-order valence-corrected chi connectivity index (χ3v) is 8.20. The van der Waals surface area contributed by atoms with Crippen molar-refractivity contribution in [3.63, 3.8) is 0 Å². The molecule has 1 aliphatic heterocycles. The lowest BCUT2D eigenvalue weighted by Gasteiger charge is -2.38. The van der Waals surface area contributed by atoms with Crippen molar-refractivity contribution in [3.05, 3.63) is 57.9 Å². The number of benzene rings is 2. The molecule has 190 valence electrons. The Morgan fingerprint density at radius 2 is 1.89 bits per heavy atom. The first-order chi connectivity index (χ1) is 16.5. The number of hydrogen-bond acceptors (Lipinski definition) is 2. The summed E-state index contributed by atoms with van der Waals surface area (Å²) in [6, 6.07) is 6.91. The Morgan fingerprint density at radius 3 is 2.49 bits per heavy atom. The van der Waals surface area contributed by atoms with Crippen molar-refractivity contribution >= 4 is 23.2 Å². The van der Waals surface area contributed by atoms with Crippen LogP contribution in [0.3, 0.4) is 0 Å². The molecule has 0 aromatic heterocycles. The Labute approximate surface area is 208 Å². The molecule has 0 saturated heterocycles. The molecule has 3 nitrogen and oxygen atoms in total. The van der Waals surface area contributed by atoms with Crippen molar-refractivity contribution in [2.24, 2.45) is 11.8 Å². The van der Waals surface area contributed by atoms with E-state index in [2.05, 4.69) is 5.32 Å². The molecule has 1 N–H and O–H groups in total. The average Bonchev–Trinajstić information content (AvgIpc) is 3.17. The summed E-state index contributed by atoms with van der Waals surface area (Å²) >= 11 is 5.78. The van der Waals surface area contributed by atoms with Crippen LogP contribution in [0.2, 0.25) is 5.02 Å². The van der Waals surface area contributed by atoms with E-state index in [4.69, 9.17) is 16.3 Å². The van der Waals surface area contributed by atoms with Gasteiger partial charge in [0.05, 0.1) is 17.9 Å². The third kappa shape index (κ3) is 4.89. The van der Waals surface area contributed by atoms with Gasteiger partial charge in [0.1, 0.15) is 11.6 Å². The van der Waals surface area contributed by atoms with Crippen LogP contribution in [-0.4, -0.2) is 12.5 Å². The molecule has 1 heterocycles. The lowest BCUT2D eigenvalue weighted by Crippen LogP contribution is -2.37. The Morgan fingerprint density at radius 1 is 1.20 bits per heavy atom. The van der Waals surface area contributed by atoms with Gasteiger partial charge in [-0.2, -0.15) is 13.2 Å². The second-order valence-corrected chi connectivity index (χ2v) is 10.5. The van der Waals surface area contributed by atoms with Crippen LogP contribution in [-0.2, 0) is 16.4 Å². The SMILES string of the molecule is CCC(C)c1c(C(F)(F)F)ccc2c1OCC21CCC([C@@H](C)C(=O)Nc2ccc(Cl)cc2F)CC1. The highest BCUT2D eigenvalue weighted by molar-refractivity contribution is 6.30. The fourth-order valence-electron chi connectivity index (χ4n) is 5.56. The van der Waals surface area contributed by atoms with E-state index < -0.39 is 17.6 Å². The average molecular weight is 512 g/mol. The first-order valence-corrected chi connectivity index (χ1v) is 12.5. The van der Waals surface area contributed by atoms with Gasteiger partial charge >= 0.3 is 6.18 Å². The van der Waals surface area contributed by atoms with Crippen LogP contribution in [0, 0.1) is 17.7 Å². The largest absolute Gasteiger partial charge is 0.492 e. The number of carbonyl (C=O) groups is 1. The fourth-order valence-corrected chi connectivity index (χ4v) is 5.72. The van der Waals surface area contributed by atoms with E-state index in [-0.39, 0.29) is 45.3 Å². The molecule has 1 saturated carbocycles. The summed E-state index contributed by atoms with van der Waals surface area (Å²) in [6.07, 6.45) is -0.929. The summed E-state index contributed by atoms with van der Waals surface area (Å²) in [5, 5.41) is 2.91. The van der Waals surface area contributed by atoms with Crippen LogP contribution in [0.1, 0.15) is 75.5 Å².